The predicted molar refractivity (Wildman–Crippen MR) is 171 cm³/mol. The van der Waals surface area contributed by atoms with Crippen LogP contribution in [0.15, 0.2) is 64.3 Å². The van der Waals surface area contributed by atoms with E-state index in [2.05, 4.69) is 17.9 Å². The number of nitrogens with zero attached hydrogens (tertiary/aromatic N) is 5. The summed E-state index contributed by atoms with van der Waals surface area (Å²) in [6, 6.07) is 18.5. The van der Waals surface area contributed by atoms with E-state index >= 15 is 0 Å². The molecule has 3 aromatic rings. The van der Waals surface area contributed by atoms with Crippen LogP contribution < -0.4 is 15.4 Å². The zero-order valence-corrected chi connectivity index (χ0v) is 25.3. The van der Waals surface area contributed by atoms with Gasteiger partial charge in [-0.15, -0.1) is 0 Å². The topological polar surface area (TPSA) is 72.6 Å². The summed E-state index contributed by atoms with van der Waals surface area (Å²) < 4.78 is 16.7. The minimum atomic E-state index is -0.330. The van der Waals surface area contributed by atoms with Gasteiger partial charge in [-0.05, 0) is 42.7 Å². The Morgan fingerprint density at radius 3 is 2.36 bits per heavy atom. The third-order valence-corrected chi connectivity index (χ3v) is 9.06. The van der Waals surface area contributed by atoms with Gasteiger partial charge in [0.1, 0.15) is 27.6 Å². The number of benzene rings is 2. The molecule has 7 nitrogen and oxygen atoms in total. The number of halogens is 1. The van der Waals surface area contributed by atoms with Crippen LogP contribution in [0.2, 0.25) is 0 Å². The second kappa shape index (κ2) is 12.9. The minimum Gasteiger partial charge on any atom is -0.366 e. The monoisotopic (exact) mass is 601 g/mol. The van der Waals surface area contributed by atoms with Gasteiger partial charge in [-0.25, -0.2) is 4.39 Å². The first-order chi connectivity index (χ1) is 20.3. The van der Waals surface area contributed by atoms with Crippen LogP contribution in [0.25, 0.3) is 6.08 Å². The van der Waals surface area contributed by atoms with E-state index < -0.39 is 0 Å². The van der Waals surface area contributed by atoms with E-state index in [-0.39, 0.29) is 22.8 Å². The number of nitriles is 1. The van der Waals surface area contributed by atoms with Gasteiger partial charge in [0.2, 0.25) is 0 Å². The van der Waals surface area contributed by atoms with E-state index in [1.807, 2.05) is 41.3 Å². The second-order valence-electron chi connectivity index (χ2n) is 10.3. The van der Waals surface area contributed by atoms with Crippen LogP contribution in [0.5, 0.6) is 0 Å². The van der Waals surface area contributed by atoms with Crippen LogP contribution in [0.1, 0.15) is 42.0 Å². The number of aromatic nitrogens is 1. The number of unbranched alkanes of at least 4 members (excludes halogenated alkanes) is 1. The Morgan fingerprint density at radius 1 is 1.02 bits per heavy atom. The van der Waals surface area contributed by atoms with E-state index in [1.165, 1.54) is 17.8 Å². The number of rotatable bonds is 8. The average molecular weight is 602 g/mol. The van der Waals surface area contributed by atoms with Crippen molar-refractivity contribution in [3.63, 3.8) is 0 Å². The maximum Gasteiger partial charge on any atom is 0.270 e. The number of carbonyl (C=O) groups excluding carboxylic acids is 1. The summed E-state index contributed by atoms with van der Waals surface area (Å²) in [7, 11) is 0. The standard InChI is InChI=1S/C32H32FN5O2S2/c1-3-4-14-37-29(36-17-15-35(16-18-36)27-13-9-8-12-26(27)33)24(22(2)25(20-34)30(37)39)19-28-31(40)38(32(41)42-28)21-23-10-6-5-7-11-23/h5-13,19H,3-4,14-18,21H2,1-2H3. The summed E-state index contributed by atoms with van der Waals surface area (Å²) in [6.45, 7) is 6.83. The van der Waals surface area contributed by atoms with Crippen molar-refractivity contribution < 1.29 is 9.18 Å². The average Bonchev–Trinajstić information content (AvgIpc) is 3.26. The van der Waals surface area contributed by atoms with E-state index in [9.17, 15) is 19.2 Å². The number of thiocarbonyl (C=S) groups is 1. The number of hydrogen-bond donors (Lipinski definition) is 0. The molecule has 10 heteroatoms. The van der Waals surface area contributed by atoms with E-state index in [0.717, 1.165) is 18.4 Å². The molecule has 0 unspecified atom stereocenters. The smallest absolute Gasteiger partial charge is 0.270 e. The van der Waals surface area contributed by atoms with Crippen LogP contribution in [0, 0.1) is 24.1 Å². The van der Waals surface area contributed by atoms with Gasteiger partial charge in [-0.2, -0.15) is 5.26 Å². The molecule has 216 valence electrons. The second-order valence-corrected chi connectivity index (χ2v) is 12.0. The van der Waals surface area contributed by atoms with Gasteiger partial charge in [0.05, 0.1) is 17.1 Å². The van der Waals surface area contributed by atoms with Gasteiger partial charge in [0, 0.05) is 38.3 Å². The Labute approximate surface area is 254 Å². The Balaban J connectivity index is 1.55. The van der Waals surface area contributed by atoms with Crippen molar-refractivity contribution in [2.45, 2.75) is 39.8 Å². The fourth-order valence-corrected chi connectivity index (χ4v) is 6.65. The third kappa shape index (κ3) is 5.85. The molecule has 42 heavy (non-hydrogen) atoms. The zero-order valence-electron chi connectivity index (χ0n) is 23.7. The molecule has 2 saturated heterocycles. The fraction of sp³-hybridized carbons (Fsp3) is 0.312. The molecule has 0 atom stereocenters. The number of piperazine rings is 1. The van der Waals surface area contributed by atoms with Crippen molar-refractivity contribution >= 4 is 51.8 Å². The van der Waals surface area contributed by atoms with E-state index in [4.69, 9.17) is 12.2 Å². The van der Waals surface area contributed by atoms with Crippen molar-refractivity contribution in [1.82, 2.24) is 9.47 Å². The molecule has 0 spiro atoms. The van der Waals surface area contributed by atoms with E-state index in [1.54, 1.807) is 34.6 Å². The van der Waals surface area contributed by atoms with Crippen molar-refractivity contribution in [3.05, 3.63) is 97.9 Å². The van der Waals surface area contributed by atoms with Gasteiger partial charge in [-0.1, -0.05) is 79.8 Å². The summed E-state index contributed by atoms with van der Waals surface area (Å²) in [6.07, 6.45) is 3.42. The van der Waals surface area contributed by atoms with Crippen molar-refractivity contribution in [2.75, 3.05) is 36.0 Å². The van der Waals surface area contributed by atoms with Gasteiger partial charge in [0.15, 0.2) is 0 Å². The number of pyridine rings is 1. The van der Waals surface area contributed by atoms with Crippen molar-refractivity contribution in [1.29, 1.82) is 5.26 Å². The summed E-state index contributed by atoms with van der Waals surface area (Å²) in [4.78, 5) is 33.4. The number of hydrogen-bond acceptors (Lipinski definition) is 7. The Hall–Kier alpha value is -3.94. The lowest BCUT2D eigenvalue weighted by atomic mass is 10.0. The SMILES string of the molecule is CCCCn1c(N2CCN(c3ccccc3F)CC2)c(C=C2SC(=S)N(Cc3ccccc3)C2=O)c(C)c(C#N)c1=O. The third-order valence-electron chi connectivity index (χ3n) is 7.69. The lowest BCUT2D eigenvalue weighted by molar-refractivity contribution is -0.122. The van der Waals surface area contributed by atoms with Gasteiger partial charge in [0.25, 0.3) is 11.5 Å². The molecule has 0 saturated carbocycles. The van der Waals surface area contributed by atoms with Crippen LogP contribution in [0.4, 0.5) is 15.9 Å². The highest BCUT2D eigenvalue weighted by molar-refractivity contribution is 8.26. The molecule has 2 aliphatic heterocycles. The lowest BCUT2D eigenvalue weighted by Gasteiger charge is -2.39. The highest BCUT2D eigenvalue weighted by Gasteiger charge is 2.34. The predicted octanol–water partition coefficient (Wildman–Crippen LogP) is 5.70. The quantitative estimate of drug-likeness (QED) is 0.243. The zero-order chi connectivity index (χ0) is 29.8. The highest BCUT2D eigenvalue weighted by Crippen LogP contribution is 2.37. The molecule has 2 aromatic carbocycles. The minimum absolute atomic E-state index is 0.0749. The Kier molecular flexibility index (Phi) is 9.09. The van der Waals surface area contributed by atoms with Crippen molar-refractivity contribution in [2.24, 2.45) is 0 Å². The Morgan fingerprint density at radius 2 is 1.69 bits per heavy atom. The maximum atomic E-state index is 14.5. The molecule has 2 aliphatic rings. The first-order valence-electron chi connectivity index (χ1n) is 14.0. The van der Waals surface area contributed by atoms with E-state index in [0.29, 0.717) is 71.1 Å². The molecule has 0 radical (unpaired) electrons. The van der Waals surface area contributed by atoms with Crippen LogP contribution in [0.3, 0.4) is 0 Å². The molecule has 5 rings (SSSR count). The Bertz CT molecular complexity index is 1640. The van der Waals surface area contributed by atoms with Crippen molar-refractivity contribution in [3.8, 4) is 6.07 Å². The van der Waals surface area contributed by atoms with Crippen LogP contribution >= 0.6 is 24.0 Å². The molecular formula is C32H32FN5O2S2. The van der Waals surface area contributed by atoms with Gasteiger partial charge in [-0.3, -0.25) is 19.1 Å². The molecule has 1 amide bonds. The molecule has 0 aliphatic carbocycles. The molecular weight excluding hydrogens is 570 g/mol. The summed E-state index contributed by atoms with van der Waals surface area (Å²) in [5.74, 6) is 0.220. The lowest BCUT2D eigenvalue weighted by Crippen LogP contribution is -2.49. The fourth-order valence-electron chi connectivity index (χ4n) is 5.41. The largest absolute Gasteiger partial charge is 0.366 e. The maximum absolute atomic E-state index is 14.5. The first-order valence-corrected chi connectivity index (χ1v) is 15.3. The summed E-state index contributed by atoms with van der Waals surface area (Å²) >= 11 is 6.83. The van der Waals surface area contributed by atoms with Gasteiger partial charge < -0.3 is 9.80 Å². The first kappa shape index (κ1) is 29.5. The number of thioether (sulfide) groups is 1. The molecule has 2 fully saturated rings. The molecule has 0 N–H and O–H groups in total. The summed E-state index contributed by atoms with van der Waals surface area (Å²) in [5, 5.41) is 9.98. The molecule has 0 bridgehead atoms. The molecule has 1 aromatic heterocycles. The normalized spacial score (nSPS) is 16.4. The summed E-state index contributed by atoms with van der Waals surface area (Å²) in [5.41, 5.74) is 2.48. The number of para-hydroxylation sites is 1. The molecule has 3 heterocycles. The number of carbonyl (C=O) groups is 1. The number of anilines is 2. The van der Waals surface area contributed by atoms with Gasteiger partial charge >= 0.3 is 0 Å². The highest BCUT2D eigenvalue weighted by atomic mass is 32.2. The van der Waals surface area contributed by atoms with Crippen LogP contribution in [-0.4, -0.2) is 45.9 Å². The number of amides is 1. The van der Waals surface area contributed by atoms with Crippen LogP contribution in [-0.2, 0) is 17.9 Å².